The number of hydrogen-bond donors (Lipinski definition) is 3. The van der Waals surface area contributed by atoms with Gasteiger partial charge in [-0.2, -0.15) is 0 Å². The molecular weight excluding hydrogens is 225 g/mol. The van der Waals surface area contributed by atoms with Gasteiger partial charge in [-0.15, -0.1) is 0 Å². The molecule has 0 aromatic rings. The standard InChI is InChI=1S/C4H9NO3.In.3H/c1-2(6)3(5)4(7)8;;;;/h2-3,6H,5H2,1H3,(H,7,8);;;;/t2-,3+;;;;/m1..../s1. The third-order valence-corrected chi connectivity index (χ3v) is 0.805. The number of aliphatic hydroxyl groups is 1. The van der Waals surface area contributed by atoms with E-state index in [1.807, 2.05) is 0 Å². The maximum atomic E-state index is 9.86. The van der Waals surface area contributed by atoms with Crippen LogP contribution >= 0.6 is 0 Å². The van der Waals surface area contributed by atoms with Crippen LogP contribution in [-0.4, -0.2) is 54.2 Å². The Hall–Kier alpha value is 0.260. The molecule has 2 atom stereocenters. The van der Waals surface area contributed by atoms with E-state index in [0.29, 0.717) is 0 Å². The molecule has 0 fully saturated rings. The summed E-state index contributed by atoms with van der Waals surface area (Å²) in [6.45, 7) is 1.33. The fraction of sp³-hybridized carbons (Fsp3) is 0.750. The number of aliphatic carboxylic acids is 1. The fourth-order valence-electron chi connectivity index (χ4n) is 0.206. The third kappa shape index (κ3) is 4.74. The van der Waals surface area contributed by atoms with E-state index in [1.165, 1.54) is 6.92 Å². The van der Waals surface area contributed by atoms with Gasteiger partial charge in [0.25, 0.3) is 0 Å². The van der Waals surface area contributed by atoms with Gasteiger partial charge in [0.1, 0.15) is 6.04 Å². The molecule has 0 spiro atoms. The first-order valence-corrected chi connectivity index (χ1v) is 2.22. The predicted octanol–water partition coefficient (Wildman–Crippen LogP) is -2.40. The third-order valence-electron chi connectivity index (χ3n) is 0.805. The van der Waals surface area contributed by atoms with E-state index in [0.717, 1.165) is 0 Å². The SMILES string of the molecule is C[C@@H](O)[C@H](N)C(=O)O.[InH3]. The van der Waals surface area contributed by atoms with Crippen molar-refractivity contribution in [3.05, 3.63) is 0 Å². The van der Waals surface area contributed by atoms with E-state index in [9.17, 15) is 4.79 Å². The average Bonchev–Trinajstić information content (AvgIpc) is 1.64. The molecule has 4 nitrogen and oxygen atoms in total. The van der Waals surface area contributed by atoms with Crippen LogP contribution in [0.2, 0.25) is 0 Å². The normalized spacial score (nSPS) is 15.4. The van der Waals surface area contributed by atoms with E-state index in [4.69, 9.17) is 15.9 Å². The monoisotopic (exact) mass is 237 g/mol. The van der Waals surface area contributed by atoms with E-state index in [2.05, 4.69) is 0 Å². The van der Waals surface area contributed by atoms with Gasteiger partial charge in [0.05, 0.1) is 6.10 Å². The van der Waals surface area contributed by atoms with E-state index < -0.39 is 18.1 Å². The Labute approximate surface area is 71.8 Å². The van der Waals surface area contributed by atoms with Crippen LogP contribution in [-0.2, 0) is 4.79 Å². The van der Waals surface area contributed by atoms with Crippen molar-refractivity contribution in [3.63, 3.8) is 0 Å². The zero-order chi connectivity index (χ0) is 6.73. The summed E-state index contributed by atoms with van der Waals surface area (Å²) in [7, 11) is 0. The van der Waals surface area contributed by atoms with Gasteiger partial charge in [-0.3, -0.25) is 4.79 Å². The maximum absolute atomic E-state index is 9.86. The minimum absolute atomic E-state index is 0. The summed E-state index contributed by atoms with van der Waals surface area (Å²) >= 11 is 0. The number of carbonyl (C=O) groups is 1. The van der Waals surface area contributed by atoms with Gasteiger partial charge in [0.2, 0.25) is 0 Å². The van der Waals surface area contributed by atoms with Gasteiger partial charge in [-0.25, -0.2) is 0 Å². The first kappa shape index (κ1) is 12.0. The molecule has 0 aromatic carbocycles. The summed E-state index contributed by atoms with van der Waals surface area (Å²) in [4.78, 5) is 9.86. The number of carboxylic acids is 1. The van der Waals surface area contributed by atoms with Crippen LogP contribution < -0.4 is 5.73 Å². The Kier molecular flexibility index (Phi) is 6.76. The van der Waals surface area contributed by atoms with Crippen LogP contribution in [0.3, 0.4) is 0 Å². The van der Waals surface area contributed by atoms with Gasteiger partial charge in [-0.1, -0.05) is 0 Å². The summed E-state index contributed by atoms with van der Waals surface area (Å²) in [5.74, 6) is -1.18. The molecular formula is C4H12InNO3. The molecule has 0 aliphatic carbocycles. The number of nitrogens with two attached hydrogens (primary N) is 1. The number of aliphatic hydroxyl groups excluding tert-OH is 1. The van der Waals surface area contributed by atoms with Crippen LogP contribution in [0.25, 0.3) is 0 Å². The molecule has 0 saturated heterocycles. The molecule has 9 heavy (non-hydrogen) atoms. The Bertz CT molecular complexity index is 95.8. The van der Waals surface area contributed by atoms with Crippen molar-refractivity contribution in [1.29, 1.82) is 0 Å². The minimum atomic E-state index is -1.18. The summed E-state index contributed by atoms with van der Waals surface area (Å²) < 4.78 is 0. The van der Waals surface area contributed by atoms with Gasteiger partial charge in [0, 0.05) is 0 Å². The molecule has 0 unspecified atom stereocenters. The molecule has 0 radical (unpaired) electrons. The van der Waals surface area contributed by atoms with Crippen LogP contribution in [0, 0.1) is 0 Å². The van der Waals surface area contributed by atoms with Crippen molar-refractivity contribution in [2.75, 3.05) is 0 Å². The fourth-order valence-corrected chi connectivity index (χ4v) is 0.206. The van der Waals surface area contributed by atoms with Crippen molar-refractivity contribution < 1.29 is 15.0 Å². The molecule has 0 bridgehead atoms. The number of carboxylic acid groups (broad SMARTS) is 1. The average molecular weight is 237 g/mol. The molecule has 54 valence electrons. The van der Waals surface area contributed by atoms with Gasteiger partial charge in [0.15, 0.2) is 0 Å². The Balaban J connectivity index is 0. The zero-order valence-electron chi connectivity index (χ0n) is 4.53. The van der Waals surface area contributed by atoms with Crippen molar-refractivity contribution in [2.24, 2.45) is 5.73 Å². The second-order valence-corrected chi connectivity index (χ2v) is 1.60. The Morgan fingerprint density at radius 3 is 2.00 bits per heavy atom. The molecule has 0 aliphatic heterocycles. The van der Waals surface area contributed by atoms with Crippen molar-refractivity contribution in [1.82, 2.24) is 0 Å². The summed E-state index contributed by atoms with van der Waals surface area (Å²) in [5.41, 5.74) is 4.91. The second-order valence-electron chi connectivity index (χ2n) is 1.60. The zero-order valence-corrected chi connectivity index (χ0v) is 4.53. The van der Waals surface area contributed by atoms with Gasteiger partial charge < -0.3 is 15.9 Å². The van der Waals surface area contributed by atoms with E-state index in [1.54, 1.807) is 0 Å². The predicted molar refractivity (Wildman–Crippen MR) is 37.2 cm³/mol. The summed E-state index contributed by atoms with van der Waals surface area (Å²) in [5, 5.41) is 16.6. The molecule has 0 aromatic heterocycles. The molecule has 0 heterocycles. The van der Waals surface area contributed by atoms with Crippen LogP contribution in [0.15, 0.2) is 0 Å². The summed E-state index contributed by atoms with van der Waals surface area (Å²) in [6.07, 6.45) is -0.979. The number of rotatable bonds is 2. The van der Waals surface area contributed by atoms with E-state index >= 15 is 0 Å². The van der Waals surface area contributed by atoms with Crippen LogP contribution in [0.1, 0.15) is 6.92 Å². The topological polar surface area (TPSA) is 83.5 Å². The molecule has 0 amide bonds. The van der Waals surface area contributed by atoms with Gasteiger partial charge >= 0.3 is 31.8 Å². The molecule has 0 aliphatic rings. The van der Waals surface area contributed by atoms with Crippen LogP contribution in [0.5, 0.6) is 0 Å². The quantitative estimate of drug-likeness (QED) is 0.499. The molecule has 4 N–H and O–H groups in total. The van der Waals surface area contributed by atoms with Crippen molar-refractivity contribution in [2.45, 2.75) is 19.1 Å². The first-order valence-electron chi connectivity index (χ1n) is 2.22. The molecule has 0 saturated carbocycles. The summed E-state index contributed by atoms with van der Waals surface area (Å²) in [6, 6.07) is -1.16. The Morgan fingerprint density at radius 2 is 2.00 bits per heavy atom. The molecule has 5 heteroatoms. The number of hydrogen-bond acceptors (Lipinski definition) is 3. The van der Waals surface area contributed by atoms with Crippen molar-refractivity contribution >= 4 is 31.8 Å². The van der Waals surface area contributed by atoms with Crippen LogP contribution in [0.4, 0.5) is 0 Å². The van der Waals surface area contributed by atoms with E-state index in [-0.39, 0.29) is 25.8 Å². The first-order chi connectivity index (χ1) is 3.55. The van der Waals surface area contributed by atoms with Gasteiger partial charge in [-0.05, 0) is 6.92 Å². The Morgan fingerprint density at radius 1 is 1.67 bits per heavy atom. The second kappa shape index (κ2) is 5.08. The molecule has 0 rings (SSSR count). The van der Waals surface area contributed by atoms with Crippen molar-refractivity contribution in [3.8, 4) is 0 Å².